The lowest BCUT2D eigenvalue weighted by molar-refractivity contribution is 0.542. The molecule has 1 heterocycles. The Morgan fingerprint density at radius 1 is 1.50 bits per heavy atom. The average molecular weight is 289 g/mol. The van der Waals surface area contributed by atoms with E-state index in [9.17, 15) is 4.39 Å². The van der Waals surface area contributed by atoms with Crippen molar-refractivity contribution in [2.45, 2.75) is 32.9 Å². The molecule has 1 N–H and O–H groups in total. The predicted molar refractivity (Wildman–Crippen MR) is 77.9 cm³/mol. The smallest absolute Gasteiger partial charge is 0.129 e. The van der Waals surface area contributed by atoms with Crippen LogP contribution in [0.4, 0.5) is 4.39 Å². The maximum absolute atomic E-state index is 13.7. The molecule has 1 atom stereocenters. The molecule has 0 aliphatic heterocycles. The lowest BCUT2D eigenvalue weighted by Gasteiger charge is -2.11. The molecule has 1 aromatic heterocycles. The van der Waals surface area contributed by atoms with Crippen LogP contribution in [0, 0.1) is 17.1 Å². The Labute approximate surface area is 122 Å². The SMILES string of the molecule is CCc1cnc(C(C)NCc2ccc(C#N)cc2F)s1. The van der Waals surface area contributed by atoms with Crippen LogP contribution in [0.2, 0.25) is 0 Å². The Balaban J connectivity index is 1.99. The summed E-state index contributed by atoms with van der Waals surface area (Å²) < 4.78 is 13.7. The number of hydrogen-bond acceptors (Lipinski definition) is 4. The first-order chi connectivity index (χ1) is 9.63. The lowest BCUT2D eigenvalue weighted by atomic mass is 10.1. The van der Waals surface area contributed by atoms with Crippen LogP contribution in [0.25, 0.3) is 0 Å². The minimum Gasteiger partial charge on any atom is -0.304 e. The highest BCUT2D eigenvalue weighted by Gasteiger charge is 2.11. The quantitative estimate of drug-likeness (QED) is 0.915. The van der Waals surface area contributed by atoms with Gasteiger partial charge < -0.3 is 5.32 Å². The number of nitrogens with one attached hydrogen (secondary N) is 1. The Hall–Kier alpha value is -1.77. The van der Waals surface area contributed by atoms with Gasteiger partial charge in [0.25, 0.3) is 0 Å². The van der Waals surface area contributed by atoms with Gasteiger partial charge in [-0.25, -0.2) is 9.37 Å². The van der Waals surface area contributed by atoms with Gasteiger partial charge in [-0.2, -0.15) is 5.26 Å². The minimum absolute atomic E-state index is 0.0790. The van der Waals surface area contributed by atoms with E-state index in [2.05, 4.69) is 17.2 Å². The molecule has 0 aliphatic rings. The van der Waals surface area contributed by atoms with Crippen LogP contribution in [-0.2, 0) is 13.0 Å². The van der Waals surface area contributed by atoms with Crippen LogP contribution in [0.1, 0.15) is 40.9 Å². The normalized spacial score (nSPS) is 12.1. The molecule has 1 aromatic carbocycles. The highest BCUT2D eigenvalue weighted by atomic mass is 32.1. The highest BCUT2D eigenvalue weighted by Crippen LogP contribution is 2.21. The van der Waals surface area contributed by atoms with E-state index in [1.165, 1.54) is 10.9 Å². The van der Waals surface area contributed by atoms with E-state index < -0.39 is 0 Å². The van der Waals surface area contributed by atoms with Crippen molar-refractivity contribution in [2.75, 3.05) is 0 Å². The molecule has 5 heteroatoms. The summed E-state index contributed by atoms with van der Waals surface area (Å²) in [5.74, 6) is -0.350. The number of aromatic nitrogens is 1. The first-order valence-electron chi connectivity index (χ1n) is 6.50. The number of nitrogens with zero attached hydrogens (tertiary/aromatic N) is 2. The van der Waals surface area contributed by atoms with Crippen molar-refractivity contribution in [3.8, 4) is 6.07 Å². The van der Waals surface area contributed by atoms with Gasteiger partial charge in [0.1, 0.15) is 10.8 Å². The number of nitriles is 1. The fourth-order valence-corrected chi connectivity index (χ4v) is 2.68. The van der Waals surface area contributed by atoms with Crippen LogP contribution >= 0.6 is 11.3 Å². The predicted octanol–water partition coefficient (Wildman–Crippen LogP) is 3.57. The van der Waals surface area contributed by atoms with Crippen LogP contribution in [0.3, 0.4) is 0 Å². The minimum atomic E-state index is -0.350. The van der Waals surface area contributed by atoms with Gasteiger partial charge in [-0.15, -0.1) is 11.3 Å². The van der Waals surface area contributed by atoms with Crippen molar-refractivity contribution < 1.29 is 4.39 Å². The molecule has 2 aromatic rings. The van der Waals surface area contributed by atoms with E-state index in [1.54, 1.807) is 23.5 Å². The number of rotatable bonds is 5. The van der Waals surface area contributed by atoms with Crippen LogP contribution < -0.4 is 5.32 Å². The summed E-state index contributed by atoms with van der Waals surface area (Å²) in [6, 6.07) is 6.54. The Kier molecular flexibility index (Phi) is 4.83. The average Bonchev–Trinajstić information content (AvgIpc) is 2.94. The van der Waals surface area contributed by atoms with E-state index in [4.69, 9.17) is 5.26 Å². The zero-order chi connectivity index (χ0) is 14.5. The van der Waals surface area contributed by atoms with E-state index in [0.29, 0.717) is 17.7 Å². The van der Waals surface area contributed by atoms with Crippen LogP contribution in [0.5, 0.6) is 0 Å². The van der Waals surface area contributed by atoms with Gasteiger partial charge in [0.05, 0.1) is 17.7 Å². The standard InChI is InChI=1S/C15H16FN3S/c1-3-13-9-19-15(20-13)10(2)18-8-12-5-4-11(7-17)6-14(12)16/h4-6,9-10,18H,3,8H2,1-2H3. The molecular formula is C15H16FN3S. The molecule has 20 heavy (non-hydrogen) atoms. The van der Waals surface area contributed by atoms with E-state index in [0.717, 1.165) is 11.4 Å². The molecule has 3 nitrogen and oxygen atoms in total. The summed E-state index contributed by atoms with van der Waals surface area (Å²) in [6.07, 6.45) is 2.87. The first kappa shape index (κ1) is 14.6. The second-order valence-corrected chi connectivity index (χ2v) is 5.69. The molecule has 104 valence electrons. The Morgan fingerprint density at radius 3 is 2.90 bits per heavy atom. The van der Waals surface area contributed by atoms with Crippen molar-refractivity contribution in [2.24, 2.45) is 0 Å². The third kappa shape index (κ3) is 3.41. The van der Waals surface area contributed by atoms with Gasteiger partial charge in [0, 0.05) is 23.2 Å². The molecule has 0 aliphatic carbocycles. The van der Waals surface area contributed by atoms with Crippen molar-refractivity contribution in [3.63, 3.8) is 0 Å². The summed E-state index contributed by atoms with van der Waals surface area (Å²) in [5.41, 5.74) is 0.898. The highest BCUT2D eigenvalue weighted by molar-refractivity contribution is 7.11. The fourth-order valence-electron chi connectivity index (χ4n) is 1.80. The van der Waals surface area contributed by atoms with Crippen molar-refractivity contribution in [1.29, 1.82) is 5.26 Å². The van der Waals surface area contributed by atoms with Crippen molar-refractivity contribution >= 4 is 11.3 Å². The lowest BCUT2D eigenvalue weighted by Crippen LogP contribution is -2.18. The number of thiazole rings is 1. The van der Waals surface area contributed by atoms with Gasteiger partial charge in [-0.3, -0.25) is 0 Å². The van der Waals surface area contributed by atoms with Crippen molar-refractivity contribution in [3.05, 3.63) is 51.2 Å². The summed E-state index contributed by atoms with van der Waals surface area (Å²) in [5, 5.41) is 13.0. The molecule has 1 unspecified atom stereocenters. The number of aryl methyl sites for hydroxylation is 1. The van der Waals surface area contributed by atoms with E-state index in [-0.39, 0.29) is 11.9 Å². The first-order valence-corrected chi connectivity index (χ1v) is 7.32. The van der Waals surface area contributed by atoms with Gasteiger partial charge in [0.2, 0.25) is 0 Å². The molecule has 0 saturated carbocycles. The van der Waals surface area contributed by atoms with Gasteiger partial charge >= 0.3 is 0 Å². The second kappa shape index (κ2) is 6.60. The number of benzene rings is 1. The fraction of sp³-hybridized carbons (Fsp3) is 0.333. The molecule has 2 rings (SSSR count). The molecule has 0 fully saturated rings. The molecule has 0 amide bonds. The second-order valence-electron chi connectivity index (χ2n) is 4.54. The summed E-state index contributed by atoms with van der Waals surface area (Å²) in [4.78, 5) is 5.62. The van der Waals surface area contributed by atoms with Crippen LogP contribution in [-0.4, -0.2) is 4.98 Å². The van der Waals surface area contributed by atoms with Gasteiger partial charge in [-0.05, 0) is 25.5 Å². The molecule has 0 bridgehead atoms. The zero-order valence-electron chi connectivity index (χ0n) is 11.5. The van der Waals surface area contributed by atoms with Gasteiger partial charge in [-0.1, -0.05) is 13.0 Å². The largest absolute Gasteiger partial charge is 0.304 e. The van der Waals surface area contributed by atoms with Crippen molar-refractivity contribution in [1.82, 2.24) is 10.3 Å². The maximum atomic E-state index is 13.7. The third-order valence-corrected chi connectivity index (χ3v) is 4.40. The molecular weight excluding hydrogens is 273 g/mol. The third-order valence-electron chi connectivity index (χ3n) is 3.07. The number of hydrogen-bond donors (Lipinski definition) is 1. The molecule has 0 saturated heterocycles. The Morgan fingerprint density at radius 2 is 2.30 bits per heavy atom. The Bertz CT molecular complexity index is 630. The maximum Gasteiger partial charge on any atom is 0.129 e. The van der Waals surface area contributed by atoms with E-state index >= 15 is 0 Å². The van der Waals surface area contributed by atoms with E-state index in [1.807, 2.05) is 19.2 Å². The van der Waals surface area contributed by atoms with Crippen LogP contribution in [0.15, 0.2) is 24.4 Å². The molecule has 0 spiro atoms. The molecule has 0 radical (unpaired) electrons. The summed E-state index contributed by atoms with van der Waals surface area (Å²) in [6.45, 7) is 4.53. The topological polar surface area (TPSA) is 48.7 Å². The number of halogens is 1. The summed E-state index contributed by atoms with van der Waals surface area (Å²) >= 11 is 1.68. The summed E-state index contributed by atoms with van der Waals surface area (Å²) in [7, 11) is 0. The monoisotopic (exact) mass is 289 g/mol. The zero-order valence-corrected chi connectivity index (χ0v) is 12.3. The van der Waals surface area contributed by atoms with Gasteiger partial charge in [0.15, 0.2) is 0 Å².